The minimum atomic E-state index is -2.98. The van der Waals surface area contributed by atoms with E-state index in [1.54, 1.807) is 11.8 Å². The Labute approximate surface area is 121 Å². The molecular weight excluding hydrogens is 300 g/mol. The summed E-state index contributed by atoms with van der Waals surface area (Å²) in [7, 11) is -1.38. The molecule has 0 saturated heterocycles. The molecule has 0 bridgehead atoms. The molecule has 1 aromatic heterocycles. The summed E-state index contributed by atoms with van der Waals surface area (Å²) in [5, 5.41) is 12.0. The smallest absolute Gasteiger partial charge is 0.214 e. The Balaban J connectivity index is 2.11. The molecule has 0 aliphatic carbocycles. The first-order valence-corrected chi connectivity index (χ1v) is 8.77. The van der Waals surface area contributed by atoms with Crippen LogP contribution < -0.4 is 4.74 Å². The van der Waals surface area contributed by atoms with Crippen molar-refractivity contribution in [3.05, 3.63) is 24.3 Å². The van der Waals surface area contributed by atoms with Gasteiger partial charge in [-0.25, -0.2) is 8.42 Å². The van der Waals surface area contributed by atoms with Crippen LogP contribution in [0.25, 0.3) is 5.69 Å². The number of hydrogen-bond donors (Lipinski definition) is 0. The quantitative estimate of drug-likeness (QED) is 0.729. The Morgan fingerprint density at radius 3 is 2.60 bits per heavy atom. The summed E-state index contributed by atoms with van der Waals surface area (Å²) in [6.07, 6.45) is 1.21. The van der Waals surface area contributed by atoms with Crippen LogP contribution in [-0.4, -0.2) is 53.5 Å². The zero-order valence-electron chi connectivity index (χ0n) is 11.1. The average Bonchev–Trinajstić information content (AvgIpc) is 2.86. The van der Waals surface area contributed by atoms with E-state index >= 15 is 0 Å². The molecule has 0 atom stereocenters. The topological polar surface area (TPSA) is 87.0 Å². The fourth-order valence-corrected chi connectivity index (χ4v) is 3.52. The molecule has 0 aliphatic rings. The molecule has 108 valence electrons. The average molecular weight is 314 g/mol. The van der Waals surface area contributed by atoms with E-state index in [0.717, 1.165) is 11.4 Å². The van der Waals surface area contributed by atoms with E-state index in [1.165, 1.54) is 18.0 Å². The lowest BCUT2D eigenvalue weighted by Crippen LogP contribution is -2.06. The highest BCUT2D eigenvalue weighted by Gasteiger charge is 2.10. The maximum atomic E-state index is 11.1. The molecular formula is C11H14N4O3S2. The van der Waals surface area contributed by atoms with Crippen LogP contribution in [0.1, 0.15) is 0 Å². The van der Waals surface area contributed by atoms with Gasteiger partial charge in [-0.15, -0.1) is 5.10 Å². The van der Waals surface area contributed by atoms with Gasteiger partial charge in [-0.2, -0.15) is 4.68 Å². The molecule has 9 heteroatoms. The molecule has 1 heterocycles. The van der Waals surface area contributed by atoms with E-state index < -0.39 is 9.84 Å². The van der Waals surface area contributed by atoms with Gasteiger partial charge < -0.3 is 4.74 Å². The van der Waals surface area contributed by atoms with Gasteiger partial charge in [0.25, 0.3) is 0 Å². The number of nitrogens with zero attached hydrogens (tertiary/aromatic N) is 4. The SMILES string of the molecule is COc1ccc(-n2nnnc2SCCS(C)(=O)=O)cc1. The van der Waals surface area contributed by atoms with Gasteiger partial charge in [-0.1, -0.05) is 11.8 Å². The minimum absolute atomic E-state index is 0.0904. The number of tetrazole rings is 1. The summed E-state index contributed by atoms with van der Waals surface area (Å²) in [5.41, 5.74) is 0.789. The van der Waals surface area contributed by atoms with Crippen LogP contribution in [0.5, 0.6) is 5.75 Å². The van der Waals surface area contributed by atoms with Gasteiger partial charge >= 0.3 is 0 Å². The van der Waals surface area contributed by atoms with Crippen molar-refractivity contribution in [2.24, 2.45) is 0 Å². The van der Waals surface area contributed by atoms with Gasteiger partial charge in [-0.05, 0) is 34.7 Å². The fourth-order valence-electron chi connectivity index (χ4n) is 1.44. The maximum Gasteiger partial charge on any atom is 0.214 e. The van der Waals surface area contributed by atoms with Crippen LogP contribution in [0.4, 0.5) is 0 Å². The fraction of sp³-hybridized carbons (Fsp3) is 0.364. The van der Waals surface area contributed by atoms with E-state index in [4.69, 9.17) is 4.74 Å². The Morgan fingerprint density at radius 1 is 1.30 bits per heavy atom. The third kappa shape index (κ3) is 3.94. The van der Waals surface area contributed by atoms with E-state index in [2.05, 4.69) is 15.5 Å². The monoisotopic (exact) mass is 314 g/mol. The van der Waals surface area contributed by atoms with E-state index in [0.29, 0.717) is 10.9 Å². The molecule has 7 nitrogen and oxygen atoms in total. The second kappa shape index (κ2) is 6.23. The highest BCUT2D eigenvalue weighted by Crippen LogP contribution is 2.20. The molecule has 0 unspecified atom stereocenters. The molecule has 2 aromatic rings. The number of sulfone groups is 1. The van der Waals surface area contributed by atoms with Crippen molar-refractivity contribution in [3.63, 3.8) is 0 Å². The highest BCUT2D eigenvalue weighted by atomic mass is 32.2. The van der Waals surface area contributed by atoms with Crippen LogP contribution in [0.15, 0.2) is 29.4 Å². The number of thioether (sulfide) groups is 1. The number of methoxy groups -OCH3 is 1. The number of rotatable bonds is 6. The van der Waals surface area contributed by atoms with Gasteiger partial charge in [0.05, 0.1) is 18.6 Å². The third-order valence-electron chi connectivity index (χ3n) is 2.44. The van der Waals surface area contributed by atoms with Crippen molar-refractivity contribution in [2.45, 2.75) is 5.16 Å². The molecule has 1 aromatic carbocycles. The van der Waals surface area contributed by atoms with Gasteiger partial charge in [0.1, 0.15) is 15.6 Å². The standard InChI is InChI=1S/C11H14N4O3S2/c1-18-10-5-3-9(4-6-10)15-11(12-13-14-15)19-7-8-20(2,16)17/h3-6H,7-8H2,1-2H3. The van der Waals surface area contributed by atoms with Crippen molar-refractivity contribution < 1.29 is 13.2 Å². The lowest BCUT2D eigenvalue weighted by Gasteiger charge is -2.05. The van der Waals surface area contributed by atoms with E-state index in [9.17, 15) is 8.42 Å². The molecule has 0 fully saturated rings. The summed E-state index contributed by atoms with van der Waals surface area (Å²) in [6, 6.07) is 7.27. The summed E-state index contributed by atoms with van der Waals surface area (Å²) in [6.45, 7) is 0. The normalized spacial score (nSPS) is 11.5. The Morgan fingerprint density at radius 2 is 2.00 bits per heavy atom. The molecule has 0 saturated carbocycles. The van der Waals surface area contributed by atoms with Crippen molar-refractivity contribution >= 4 is 21.6 Å². The number of aromatic nitrogens is 4. The number of hydrogen-bond acceptors (Lipinski definition) is 7. The lowest BCUT2D eigenvalue weighted by atomic mass is 10.3. The number of ether oxygens (including phenoxy) is 1. The zero-order valence-corrected chi connectivity index (χ0v) is 12.7. The van der Waals surface area contributed by atoms with Gasteiger partial charge in [-0.3, -0.25) is 0 Å². The van der Waals surface area contributed by atoms with Gasteiger partial charge in [0.15, 0.2) is 0 Å². The molecule has 0 radical (unpaired) electrons. The lowest BCUT2D eigenvalue weighted by molar-refractivity contribution is 0.414. The van der Waals surface area contributed by atoms with Crippen molar-refractivity contribution in [1.29, 1.82) is 0 Å². The van der Waals surface area contributed by atoms with Crippen molar-refractivity contribution in [3.8, 4) is 11.4 Å². The van der Waals surface area contributed by atoms with Crippen LogP contribution in [0, 0.1) is 0 Å². The van der Waals surface area contributed by atoms with Crippen LogP contribution in [0.2, 0.25) is 0 Å². The zero-order chi connectivity index (χ0) is 14.6. The van der Waals surface area contributed by atoms with Crippen molar-refractivity contribution in [2.75, 3.05) is 24.9 Å². The Bertz CT molecular complexity index is 667. The van der Waals surface area contributed by atoms with Gasteiger partial charge in [0.2, 0.25) is 5.16 Å². The molecule has 0 amide bonds. The Hall–Kier alpha value is -1.61. The molecule has 20 heavy (non-hydrogen) atoms. The summed E-state index contributed by atoms with van der Waals surface area (Å²) < 4.78 is 28.8. The molecule has 0 N–H and O–H groups in total. The minimum Gasteiger partial charge on any atom is -0.497 e. The van der Waals surface area contributed by atoms with E-state index in [1.807, 2.05) is 24.3 Å². The highest BCUT2D eigenvalue weighted by molar-refractivity contribution is 8.00. The van der Waals surface area contributed by atoms with Crippen LogP contribution >= 0.6 is 11.8 Å². The third-order valence-corrected chi connectivity index (χ3v) is 4.57. The van der Waals surface area contributed by atoms with Crippen molar-refractivity contribution in [1.82, 2.24) is 20.2 Å². The van der Waals surface area contributed by atoms with Crippen LogP contribution in [0.3, 0.4) is 0 Å². The number of benzene rings is 1. The first-order chi connectivity index (χ1) is 9.49. The Kier molecular flexibility index (Phi) is 4.61. The predicted molar refractivity (Wildman–Crippen MR) is 76.1 cm³/mol. The van der Waals surface area contributed by atoms with Crippen LogP contribution in [-0.2, 0) is 9.84 Å². The first-order valence-electron chi connectivity index (χ1n) is 5.73. The second-order valence-corrected chi connectivity index (χ2v) is 7.37. The summed E-state index contributed by atoms with van der Waals surface area (Å²) in [5.74, 6) is 1.25. The first kappa shape index (κ1) is 14.8. The summed E-state index contributed by atoms with van der Waals surface area (Å²) in [4.78, 5) is 0. The predicted octanol–water partition coefficient (Wildman–Crippen LogP) is 0.808. The van der Waals surface area contributed by atoms with E-state index in [-0.39, 0.29) is 5.75 Å². The molecule has 0 aliphatic heterocycles. The largest absolute Gasteiger partial charge is 0.497 e. The molecule has 0 spiro atoms. The maximum absolute atomic E-state index is 11.1. The molecule has 2 rings (SSSR count). The second-order valence-electron chi connectivity index (χ2n) is 4.05. The summed E-state index contributed by atoms with van der Waals surface area (Å²) >= 11 is 1.30. The van der Waals surface area contributed by atoms with Gasteiger partial charge in [0, 0.05) is 12.0 Å².